The molecule has 0 aliphatic heterocycles. The molecule has 0 radical (unpaired) electrons. The Labute approximate surface area is 265 Å². The van der Waals surface area contributed by atoms with Crippen LogP contribution in [0.25, 0.3) is 11.6 Å². The Balaban J connectivity index is 1.35. The van der Waals surface area contributed by atoms with Gasteiger partial charge in [-0.15, -0.1) is 6.58 Å². The summed E-state index contributed by atoms with van der Waals surface area (Å²) in [5.41, 5.74) is 14.2. The summed E-state index contributed by atoms with van der Waals surface area (Å²) >= 11 is 0. The summed E-state index contributed by atoms with van der Waals surface area (Å²) in [6.07, 6.45) is 31.9. The Morgan fingerprint density at radius 2 is 1.89 bits per heavy atom. The molecule has 44 heavy (non-hydrogen) atoms. The fourth-order valence-electron chi connectivity index (χ4n) is 6.52. The normalized spacial score (nSPS) is 19.6. The lowest BCUT2D eigenvalue weighted by atomic mass is 9.81. The van der Waals surface area contributed by atoms with Gasteiger partial charge in [-0.05, 0) is 128 Å². The van der Waals surface area contributed by atoms with Gasteiger partial charge in [0.1, 0.15) is 0 Å². The van der Waals surface area contributed by atoms with Crippen LogP contribution in [0.15, 0.2) is 133 Å². The van der Waals surface area contributed by atoms with E-state index in [0.717, 1.165) is 61.9 Å². The second-order valence-electron chi connectivity index (χ2n) is 12.2. The van der Waals surface area contributed by atoms with Crippen molar-refractivity contribution in [2.24, 2.45) is 0 Å². The quantitative estimate of drug-likeness (QED) is 0.193. The van der Waals surface area contributed by atoms with Crippen LogP contribution in [0, 0.1) is 6.92 Å². The number of anilines is 1. The summed E-state index contributed by atoms with van der Waals surface area (Å²) in [6.45, 7) is 14.8. The first-order valence-corrected chi connectivity index (χ1v) is 16.3. The predicted molar refractivity (Wildman–Crippen MR) is 193 cm³/mol. The second-order valence-corrected chi connectivity index (χ2v) is 12.2. The zero-order valence-electron chi connectivity index (χ0n) is 26.8. The molecule has 0 spiro atoms. The van der Waals surface area contributed by atoms with Crippen molar-refractivity contribution in [2.45, 2.75) is 77.7 Å². The van der Waals surface area contributed by atoms with Gasteiger partial charge in [0.2, 0.25) is 0 Å². The zero-order chi connectivity index (χ0) is 30.9. The van der Waals surface area contributed by atoms with Crippen molar-refractivity contribution >= 4 is 17.3 Å². The lowest BCUT2D eigenvalue weighted by molar-refractivity contribution is 0.605. The lowest BCUT2D eigenvalue weighted by Crippen LogP contribution is -2.33. The van der Waals surface area contributed by atoms with Gasteiger partial charge in [-0.3, -0.25) is 0 Å². The van der Waals surface area contributed by atoms with Gasteiger partial charge in [-0.1, -0.05) is 92.5 Å². The maximum atomic E-state index is 4.26. The monoisotopic (exact) mass is 580 g/mol. The van der Waals surface area contributed by atoms with Crippen molar-refractivity contribution in [3.63, 3.8) is 0 Å². The van der Waals surface area contributed by atoms with Crippen molar-refractivity contribution in [1.82, 2.24) is 5.32 Å². The summed E-state index contributed by atoms with van der Waals surface area (Å²) in [7, 11) is 0. The summed E-state index contributed by atoms with van der Waals surface area (Å²) < 4.78 is 0. The molecule has 0 bridgehead atoms. The maximum absolute atomic E-state index is 4.26. The summed E-state index contributed by atoms with van der Waals surface area (Å²) in [4.78, 5) is 0. The van der Waals surface area contributed by atoms with E-state index in [4.69, 9.17) is 0 Å². The summed E-state index contributed by atoms with van der Waals surface area (Å²) in [5, 5.41) is 7.70. The lowest BCUT2D eigenvalue weighted by Gasteiger charge is -2.30. The third-order valence-electron chi connectivity index (χ3n) is 9.01. The summed E-state index contributed by atoms with van der Waals surface area (Å²) in [5.74, 6) is 0.379. The Hall–Kier alpha value is -4.30. The van der Waals surface area contributed by atoms with Crippen molar-refractivity contribution in [2.75, 3.05) is 5.32 Å². The van der Waals surface area contributed by atoms with E-state index in [0.29, 0.717) is 5.92 Å². The molecule has 2 atom stereocenters. The highest BCUT2D eigenvalue weighted by Crippen LogP contribution is 2.37. The number of nitrogens with one attached hydrogen (secondary N) is 2. The van der Waals surface area contributed by atoms with Gasteiger partial charge in [0, 0.05) is 23.0 Å². The molecule has 3 aliphatic rings. The number of hydrogen-bond acceptors (Lipinski definition) is 2. The minimum absolute atomic E-state index is 0.214. The van der Waals surface area contributed by atoms with E-state index in [9.17, 15) is 0 Å². The Bertz CT molecular complexity index is 1580. The van der Waals surface area contributed by atoms with Gasteiger partial charge in [-0.2, -0.15) is 0 Å². The fraction of sp³-hybridized carbons (Fsp3) is 0.286. The zero-order valence-corrected chi connectivity index (χ0v) is 26.8. The Kier molecular flexibility index (Phi) is 10.6. The molecule has 226 valence electrons. The maximum Gasteiger partial charge on any atom is 0.0548 e. The molecule has 2 nitrogen and oxygen atoms in total. The molecule has 2 heteroatoms. The smallest absolute Gasteiger partial charge is 0.0548 e. The molecule has 2 unspecified atom stereocenters. The molecule has 0 heterocycles. The largest absolute Gasteiger partial charge is 0.381 e. The van der Waals surface area contributed by atoms with E-state index in [2.05, 4.69) is 142 Å². The third kappa shape index (κ3) is 7.42. The average Bonchev–Trinajstić information content (AvgIpc) is 3.06. The van der Waals surface area contributed by atoms with Crippen molar-refractivity contribution < 1.29 is 0 Å². The van der Waals surface area contributed by atoms with Gasteiger partial charge in [0.25, 0.3) is 0 Å². The average molecular weight is 581 g/mol. The van der Waals surface area contributed by atoms with Crippen LogP contribution in [0.5, 0.6) is 0 Å². The number of aryl methyl sites for hydroxylation is 2. The molecular weight excluding hydrogens is 532 g/mol. The first kappa shape index (κ1) is 31.1. The molecule has 0 aromatic heterocycles. The van der Waals surface area contributed by atoms with E-state index in [1.807, 2.05) is 6.08 Å². The van der Waals surface area contributed by atoms with Crippen LogP contribution < -0.4 is 10.6 Å². The van der Waals surface area contributed by atoms with Gasteiger partial charge < -0.3 is 10.6 Å². The fourth-order valence-corrected chi connectivity index (χ4v) is 6.52. The first-order chi connectivity index (χ1) is 21.5. The van der Waals surface area contributed by atoms with Gasteiger partial charge in [0.05, 0.1) is 6.04 Å². The van der Waals surface area contributed by atoms with Crippen molar-refractivity contribution in [3.05, 3.63) is 161 Å². The molecule has 2 N–H and O–H groups in total. The van der Waals surface area contributed by atoms with Crippen LogP contribution in [0.4, 0.5) is 5.69 Å². The molecule has 3 aliphatic carbocycles. The van der Waals surface area contributed by atoms with Gasteiger partial charge in [0.15, 0.2) is 0 Å². The Morgan fingerprint density at radius 3 is 2.68 bits per heavy atom. The number of rotatable bonds is 12. The van der Waals surface area contributed by atoms with Gasteiger partial charge in [-0.25, -0.2) is 0 Å². The van der Waals surface area contributed by atoms with E-state index >= 15 is 0 Å². The molecule has 0 amide bonds. The van der Waals surface area contributed by atoms with E-state index in [1.54, 1.807) is 0 Å². The SMILES string of the molecule is C=CCCC(=C)c1ccc(NC(/C=C\CC)=C(/C)C2=CC=CCC2NC2=CC=CC(c3c(C)ccc4c3C=CCC4)C2)cc1. The predicted octanol–water partition coefficient (Wildman–Crippen LogP) is 11.1. The molecular formula is C42H48N2. The second kappa shape index (κ2) is 14.9. The van der Waals surface area contributed by atoms with E-state index in [1.165, 1.54) is 44.7 Å². The number of benzene rings is 2. The highest BCUT2D eigenvalue weighted by atomic mass is 14.9. The van der Waals surface area contributed by atoms with E-state index in [-0.39, 0.29) is 6.04 Å². The molecule has 0 fully saturated rings. The molecule has 5 rings (SSSR count). The standard InChI is InChI=1S/C42H48N2/c1-6-8-15-30(3)33-25-27-36(28-26-33)43-40(21-9-7-2)32(5)38-19-12-13-22-41(38)44-37-18-14-17-35(29-37)42-31(4)23-24-34-16-10-11-20-39(34)42/h6,9,11-14,17-21,23-28,35,41,43-44H,1,3,7-8,10,15-16,22,29H2,2,4-5H3/b21-9-,40-32-. The number of hydrogen-bond donors (Lipinski definition) is 2. The number of allylic oxidation sites excluding steroid dienone is 11. The van der Waals surface area contributed by atoms with Crippen LogP contribution in [-0.2, 0) is 6.42 Å². The van der Waals surface area contributed by atoms with Gasteiger partial charge >= 0.3 is 0 Å². The first-order valence-electron chi connectivity index (χ1n) is 16.3. The minimum Gasteiger partial charge on any atom is -0.381 e. The van der Waals surface area contributed by atoms with Crippen molar-refractivity contribution in [1.29, 1.82) is 0 Å². The Morgan fingerprint density at radius 1 is 1.05 bits per heavy atom. The van der Waals surface area contributed by atoms with Crippen LogP contribution in [0.2, 0.25) is 0 Å². The topological polar surface area (TPSA) is 24.1 Å². The molecule has 0 saturated heterocycles. The van der Waals surface area contributed by atoms with Crippen LogP contribution in [-0.4, -0.2) is 6.04 Å². The molecule has 2 aromatic carbocycles. The highest BCUT2D eigenvalue weighted by molar-refractivity contribution is 5.67. The third-order valence-corrected chi connectivity index (χ3v) is 9.01. The molecule has 2 aromatic rings. The minimum atomic E-state index is 0.214. The van der Waals surface area contributed by atoms with Crippen LogP contribution in [0.3, 0.4) is 0 Å². The summed E-state index contributed by atoms with van der Waals surface area (Å²) in [6, 6.07) is 13.5. The molecule has 0 saturated carbocycles. The van der Waals surface area contributed by atoms with E-state index < -0.39 is 0 Å². The highest BCUT2D eigenvalue weighted by Gasteiger charge is 2.24. The van der Waals surface area contributed by atoms with Crippen LogP contribution >= 0.6 is 0 Å². The number of fused-ring (bicyclic) bond motifs is 1. The van der Waals surface area contributed by atoms with Crippen molar-refractivity contribution in [3.8, 4) is 0 Å². The van der Waals surface area contributed by atoms with Crippen LogP contribution in [0.1, 0.15) is 86.1 Å².